The molecule has 0 radical (unpaired) electrons. The number of ether oxygens (including phenoxy) is 1. The van der Waals surface area contributed by atoms with E-state index in [0.29, 0.717) is 5.75 Å². The van der Waals surface area contributed by atoms with E-state index in [-0.39, 0.29) is 17.9 Å². The molecule has 2 nitrogen and oxygen atoms in total. The Morgan fingerprint density at radius 1 is 1.14 bits per heavy atom. The second kappa shape index (κ2) is 13.9. The molecule has 0 aliphatic carbocycles. The van der Waals surface area contributed by atoms with Gasteiger partial charge in [-0.1, -0.05) is 67.7 Å². The van der Waals surface area contributed by atoms with Crippen LogP contribution in [0.25, 0.3) is 0 Å². The second-order valence-electron chi connectivity index (χ2n) is 10.5. The van der Waals surface area contributed by atoms with Crippen LogP contribution >= 0.6 is 0 Å². The molecule has 1 N–H and O–H groups in total. The topological polar surface area (TPSA) is 29.5 Å². The first-order chi connectivity index (χ1) is 16.7. The molecule has 0 aliphatic rings. The van der Waals surface area contributed by atoms with Crippen molar-refractivity contribution in [2.45, 2.75) is 106 Å². The number of methoxy groups -OCH3 is 1. The van der Waals surface area contributed by atoms with E-state index < -0.39 is 11.5 Å². The van der Waals surface area contributed by atoms with Crippen LogP contribution in [0.4, 0.5) is 8.78 Å². The molecule has 202 valence electrons. The standard InChI is InChI=1S/C32H48F2O2/c1-11-13-14-24(7)15-16-27-20-30(36-10)29(19-26(27)9)31(35,32(33,34)17-12-2)21-28(23(5)6)18-25(8)22(3)4/h12,14,17-20,23,35H,11,13,15-16,21H2,1-10H3/b17-12+,24-14-,28-18-. The number of unbranched alkanes of at least 4 members (excludes halogenated alkanes) is 1. The quantitative estimate of drug-likeness (QED) is 0.215. The molecule has 1 atom stereocenters. The van der Waals surface area contributed by atoms with Crippen molar-refractivity contribution >= 4 is 0 Å². The van der Waals surface area contributed by atoms with Crippen LogP contribution in [0.15, 0.2) is 58.7 Å². The van der Waals surface area contributed by atoms with Crippen LogP contribution in [0, 0.1) is 12.8 Å². The maximum Gasteiger partial charge on any atom is 0.299 e. The number of halogens is 2. The first-order valence-corrected chi connectivity index (χ1v) is 13.2. The number of hydrogen-bond donors (Lipinski definition) is 1. The van der Waals surface area contributed by atoms with Gasteiger partial charge in [-0.2, -0.15) is 8.78 Å². The number of aliphatic hydroxyl groups is 1. The molecule has 4 heteroatoms. The Balaban J connectivity index is 3.71. The van der Waals surface area contributed by atoms with Gasteiger partial charge in [0.15, 0.2) is 5.60 Å². The fourth-order valence-electron chi connectivity index (χ4n) is 4.20. The Morgan fingerprint density at radius 2 is 1.78 bits per heavy atom. The molecule has 0 saturated heterocycles. The third-order valence-electron chi connectivity index (χ3n) is 6.99. The van der Waals surface area contributed by atoms with E-state index in [9.17, 15) is 5.11 Å². The van der Waals surface area contributed by atoms with Crippen LogP contribution < -0.4 is 4.74 Å². The highest BCUT2D eigenvalue weighted by molar-refractivity contribution is 5.48. The molecule has 1 unspecified atom stereocenters. The van der Waals surface area contributed by atoms with E-state index in [1.807, 2.05) is 53.7 Å². The number of aryl methyl sites for hydroxylation is 2. The largest absolute Gasteiger partial charge is 0.496 e. The van der Waals surface area contributed by atoms with Gasteiger partial charge in [-0.15, -0.1) is 0 Å². The third-order valence-corrected chi connectivity index (χ3v) is 6.99. The lowest BCUT2D eigenvalue weighted by molar-refractivity contribution is -0.157. The van der Waals surface area contributed by atoms with Crippen molar-refractivity contribution in [3.05, 3.63) is 75.4 Å². The minimum atomic E-state index is -3.50. The van der Waals surface area contributed by atoms with E-state index in [1.54, 1.807) is 13.0 Å². The van der Waals surface area contributed by atoms with Crippen molar-refractivity contribution in [2.24, 2.45) is 5.92 Å². The lowest BCUT2D eigenvalue weighted by Crippen LogP contribution is -2.45. The van der Waals surface area contributed by atoms with Gasteiger partial charge in [-0.25, -0.2) is 0 Å². The lowest BCUT2D eigenvalue weighted by Gasteiger charge is -2.37. The fraction of sp³-hybridized carbons (Fsp3) is 0.562. The summed E-state index contributed by atoms with van der Waals surface area (Å²) in [5.41, 5.74) is 3.77. The highest BCUT2D eigenvalue weighted by Gasteiger charge is 2.53. The van der Waals surface area contributed by atoms with Gasteiger partial charge in [0.25, 0.3) is 5.92 Å². The number of alkyl halides is 2. The zero-order valence-electron chi connectivity index (χ0n) is 24.2. The Hall–Kier alpha value is -2.20. The molecule has 1 aromatic carbocycles. The predicted octanol–water partition coefficient (Wildman–Crippen LogP) is 9.41. The van der Waals surface area contributed by atoms with Gasteiger partial charge in [0.05, 0.1) is 7.11 Å². The summed E-state index contributed by atoms with van der Waals surface area (Å²) in [6.45, 7) is 17.6. The highest BCUT2D eigenvalue weighted by atomic mass is 19.3. The maximum absolute atomic E-state index is 15.8. The van der Waals surface area contributed by atoms with Crippen molar-refractivity contribution in [3.63, 3.8) is 0 Å². The van der Waals surface area contributed by atoms with Gasteiger partial charge < -0.3 is 9.84 Å². The first kappa shape index (κ1) is 31.8. The second-order valence-corrected chi connectivity index (χ2v) is 10.5. The average Bonchev–Trinajstić information content (AvgIpc) is 2.80. The van der Waals surface area contributed by atoms with Crippen LogP contribution in [-0.2, 0) is 12.0 Å². The molecule has 0 heterocycles. The van der Waals surface area contributed by atoms with E-state index >= 15 is 8.78 Å². The first-order valence-electron chi connectivity index (χ1n) is 13.2. The lowest BCUT2D eigenvalue weighted by atomic mass is 9.77. The molecule has 0 amide bonds. The average molecular weight is 503 g/mol. The molecule has 1 aromatic rings. The minimum absolute atomic E-state index is 0.0171. The van der Waals surface area contributed by atoms with E-state index in [1.165, 1.54) is 18.8 Å². The van der Waals surface area contributed by atoms with Crippen molar-refractivity contribution in [2.75, 3.05) is 7.11 Å². The molecule has 0 aliphatic heterocycles. The summed E-state index contributed by atoms with van der Waals surface area (Å²) >= 11 is 0. The van der Waals surface area contributed by atoms with Crippen LogP contribution in [0.5, 0.6) is 5.75 Å². The fourth-order valence-corrected chi connectivity index (χ4v) is 4.20. The van der Waals surface area contributed by atoms with Crippen molar-refractivity contribution < 1.29 is 18.6 Å². The van der Waals surface area contributed by atoms with Gasteiger partial charge in [0, 0.05) is 12.0 Å². The smallest absolute Gasteiger partial charge is 0.299 e. The Kier molecular flexibility index (Phi) is 12.3. The van der Waals surface area contributed by atoms with Gasteiger partial charge >= 0.3 is 0 Å². The molecule has 0 fully saturated rings. The maximum atomic E-state index is 15.8. The zero-order valence-corrected chi connectivity index (χ0v) is 24.2. The third kappa shape index (κ3) is 8.16. The van der Waals surface area contributed by atoms with Crippen molar-refractivity contribution in [1.82, 2.24) is 0 Å². The molecule has 36 heavy (non-hydrogen) atoms. The monoisotopic (exact) mass is 502 g/mol. The SMILES string of the molecule is C/C=C/C(F)(F)C(O)(C/C(=C/C(C)=C(C)C)C(C)C)c1cc(C)c(CC/C(C)=C\CCC)cc1OC. The Labute approximate surface area is 218 Å². The van der Waals surface area contributed by atoms with Crippen LogP contribution in [0.3, 0.4) is 0 Å². The normalized spacial score (nSPS) is 14.9. The van der Waals surface area contributed by atoms with Gasteiger partial charge in [-0.05, 0) is 96.1 Å². The summed E-state index contributed by atoms with van der Waals surface area (Å²) in [4.78, 5) is 0. The van der Waals surface area contributed by atoms with Crippen LogP contribution in [0.1, 0.15) is 97.8 Å². The number of benzene rings is 1. The molecule has 0 saturated carbocycles. The van der Waals surface area contributed by atoms with E-state index in [2.05, 4.69) is 19.9 Å². The van der Waals surface area contributed by atoms with Gasteiger partial charge in [0.2, 0.25) is 0 Å². The van der Waals surface area contributed by atoms with E-state index in [4.69, 9.17) is 4.74 Å². The number of hydrogen-bond acceptors (Lipinski definition) is 2. The summed E-state index contributed by atoms with van der Waals surface area (Å²) in [7, 11) is 1.48. The van der Waals surface area contributed by atoms with Crippen molar-refractivity contribution in [1.29, 1.82) is 0 Å². The van der Waals surface area contributed by atoms with Crippen molar-refractivity contribution in [3.8, 4) is 5.75 Å². The molecule has 0 spiro atoms. The van der Waals surface area contributed by atoms with E-state index in [0.717, 1.165) is 59.6 Å². The molecule has 1 rings (SSSR count). The number of rotatable bonds is 13. The molecule has 0 bridgehead atoms. The molecule has 0 aromatic heterocycles. The van der Waals surface area contributed by atoms with Gasteiger partial charge in [-0.3, -0.25) is 0 Å². The zero-order chi connectivity index (χ0) is 27.7. The summed E-state index contributed by atoms with van der Waals surface area (Å²) in [6.07, 6.45) is 9.92. The van der Waals surface area contributed by atoms with Gasteiger partial charge in [0.1, 0.15) is 5.75 Å². The summed E-state index contributed by atoms with van der Waals surface area (Å²) in [6, 6.07) is 3.52. The molecular weight excluding hydrogens is 454 g/mol. The number of allylic oxidation sites excluding steroid dienone is 6. The predicted molar refractivity (Wildman–Crippen MR) is 150 cm³/mol. The highest BCUT2D eigenvalue weighted by Crippen LogP contribution is 2.48. The minimum Gasteiger partial charge on any atom is -0.496 e. The molecular formula is C32H48F2O2. The summed E-state index contributed by atoms with van der Waals surface area (Å²) < 4.78 is 37.2. The summed E-state index contributed by atoms with van der Waals surface area (Å²) in [5.74, 6) is -3.23. The van der Waals surface area contributed by atoms with Crippen LogP contribution in [-0.4, -0.2) is 18.1 Å². The Morgan fingerprint density at radius 3 is 2.28 bits per heavy atom. The summed E-state index contributed by atoms with van der Waals surface area (Å²) in [5, 5.41) is 11.9. The van der Waals surface area contributed by atoms with Crippen LogP contribution in [0.2, 0.25) is 0 Å². The Bertz CT molecular complexity index is 992.